The van der Waals surface area contributed by atoms with Crippen molar-refractivity contribution < 1.29 is 0 Å². The zero-order chi connectivity index (χ0) is 14.9. The average molecular weight is 273 g/mol. The number of nitrogens with zero attached hydrogens (tertiary/aromatic N) is 4. The van der Waals surface area contributed by atoms with E-state index in [2.05, 4.69) is 43.1 Å². The van der Waals surface area contributed by atoms with Gasteiger partial charge in [-0.25, -0.2) is 9.97 Å². The zero-order valence-electron chi connectivity index (χ0n) is 13.2. The molecule has 0 unspecified atom stereocenters. The molecule has 0 fully saturated rings. The van der Waals surface area contributed by atoms with Crippen LogP contribution in [0.15, 0.2) is 12.3 Å². The molecule has 0 spiro atoms. The van der Waals surface area contributed by atoms with Gasteiger partial charge in [0.2, 0.25) is 0 Å². The van der Waals surface area contributed by atoms with Crippen molar-refractivity contribution in [2.75, 3.05) is 12.4 Å². The van der Waals surface area contributed by atoms with Crippen LogP contribution in [0.2, 0.25) is 0 Å². The fraction of sp³-hybridized carbons (Fsp3) is 0.533. The summed E-state index contributed by atoms with van der Waals surface area (Å²) in [5, 5.41) is 7.50. The van der Waals surface area contributed by atoms with Crippen molar-refractivity contribution in [1.82, 2.24) is 19.7 Å². The first-order chi connectivity index (χ1) is 9.38. The highest BCUT2D eigenvalue weighted by molar-refractivity contribution is 5.65. The Morgan fingerprint density at radius 1 is 1.25 bits per heavy atom. The van der Waals surface area contributed by atoms with Crippen LogP contribution in [0.3, 0.4) is 0 Å². The van der Waals surface area contributed by atoms with Gasteiger partial charge in [0, 0.05) is 30.8 Å². The van der Waals surface area contributed by atoms with Crippen LogP contribution in [0.5, 0.6) is 0 Å². The van der Waals surface area contributed by atoms with E-state index in [-0.39, 0.29) is 5.41 Å². The van der Waals surface area contributed by atoms with E-state index in [1.165, 1.54) is 0 Å². The molecular formula is C15H23N5. The molecule has 0 radical (unpaired) electrons. The Morgan fingerprint density at radius 3 is 2.50 bits per heavy atom. The van der Waals surface area contributed by atoms with Gasteiger partial charge in [0.05, 0.1) is 11.4 Å². The third kappa shape index (κ3) is 2.53. The molecule has 2 aromatic rings. The molecule has 0 amide bonds. The summed E-state index contributed by atoms with van der Waals surface area (Å²) >= 11 is 0. The van der Waals surface area contributed by atoms with Crippen molar-refractivity contribution in [3.05, 3.63) is 23.7 Å². The standard InChI is InChI=1S/C15H23N5/c1-7-20-11(8-9-17-20)12-10(2)13(16-6)19-14(18-12)15(3,4)5/h8-9H,7H2,1-6H3,(H,16,18,19). The van der Waals surface area contributed by atoms with Crippen LogP contribution < -0.4 is 5.32 Å². The molecular weight excluding hydrogens is 250 g/mol. The van der Waals surface area contributed by atoms with Gasteiger partial charge in [-0.2, -0.15) is 5.10 Å². The lowest BCUT2D eigenvalue weighted by atomic mass is 9.95. The molecule has 5 nitrogen and oxygen atoms in total. The molecule has 2 rings (SSSR count). The number of aryl methyl sites for hydroxylation is 1. The second-order valence-corrected chi connectivity index (χ2v) is 5.90. The van der Waals surface area contributed by atoms with E-state index in [9.17, 15) is 0 Å². The predicted molar refractivity (Wildman–Crippen MR) is 81.9 cm³/mol. The van der Waals surface area contributed by atoms with Gasteiger partial charge in [-0.15, -0.1) is 0 Å². The van der Waals surface area contributed by atoms with E-state index in [0.717, 1.165) is 35.1 Å². The highest BCUT2D eigenvalue weighted by Gasteiger charge is 2.22. The summed E-state index contributed by atoms with van der Waals surface area (Å²) in [6, 6.07) is 2.00. The van der Waals surface area contributed by atoms with Crippen molar-refractivity contribution >= 4 is 5.82 Å². The molecule has 20 heavy (non-hydrogen) atoms. The summed E-state index contributed by atoms with van der Waals surface area (Å²) in [7, 11) is 1.89. The Hall–Kier alpha value is -1.91. The molecule has 0 bridgehead atoms. The topological polar surface area (TPSA) is 55.6 Å². The summed E-state index contributed by atoms with van der Waals surface area (Å²) in [4.78, 5) is 9.43. The minimum Gasteiger partial charge on any atom is -0.373 e. The molecule has 0 aliphatic heterocycles. The monoisotopic (exact) mass is 273 g/mol. The van der Waals surface area contributed by atoms with Gasteiger partial charge in [-0.3, -0.25) is 4.68 Å². The van der Waals surface area contributed by atoms with Crippen molar-refractivity contribution in [1.29, 1.82) is 0 Å². The van der Waals surface area contributed by atoms with Gasteiger partial charge in [0.25, 0.3) is 0 Å². The van der Waals surface area contributed by atoms with Gasteiger partial charge in [0.1, 0.15) is 11.6 Å². The van der Waals surface area contributed by atoms with Gasteiger partial charge in [0.15, 0.2) is 0 Å². The molecule has 0 atom stereocenters. The fourth-order valence-corrected chi connectivity index (χ4v) is 2.13. The van der Waals surface area contributed by atoms with Crippen molar-refractivity contribution in [3.8, 4) is 11.4 Å². The SMILES string of the molecule is CCn1nccc1-c1nc(C(C)(C)C)nc(NC)c1C. The molecule has 0 aliphatic rings. The van der Waals surface area contributed by atoms with Crippen molar-refractivity contribution in [2.45, 2.75) is 46.6 Å². The average Bonchev–Trinajstić information content (AvgIpc) is 2.85. The Bertz CT molecular complexity index is 607. The second-order valence-electron chi connectivity index (χ2n) is 5.90. The Morgan fingerprint density at radius 2 is 1.95 bits per heavy atom. The highest BCUT2D eigenvalue weighted by Crippen LogP contribution is 2.29. The normalized spacial score (nSPS) is 11.7. The maximum atomic E-state index is 4.79. The molecule has 2 heterocycles. The number of nitrogens with one attached hydrogen (secondary N) is 1. The van der Waals surface area contributed by atoms with Gasteiger partial charge < -0.3 is 5.32 Å². The van der Waals surface area contributed by atoms with Crippen LogP contribution >= 0.6 is 0 Å². The van der Waals surface area contributed by atoms with Gasteiger partial charge >= 0.3 is 0 Å². The van der Waals surface area contributed by atoms with E-state index in [1.807, 2.05) is 30.9 Å². The Balaban J connectivity index is 2.69. The highest BCUT2D eigenvalue weighted by atomic mass is 15.3. The summed E-state index contributed by atoms with van der Waals surface area (Å²) < 4.78 is 1.96. The fourth-order valence-electron chi connectivity index (χ4n) is 2.13. The molecule has 5 heteroatoms. The van der Waals surface area contributed by atoms with Crippen LogP contribution in [-0.4, -0.2) is 26.8 Å². The first kappa shape index (κ1) is 14.5. The molecule has 2 aromatic heterocycles. The summed E-state index contributed by atoms with van der Waals surface area (Å²) in [6.45, 7) is 11.3. The Labute approximate surface area is 120 Å². The molecule has 0 saturated heterocycles. The number of hydrogen-bond acceptors (Lipinski definition) is 4. The Kier molecular flexibility index (Phi) is 3.79. The van der Waals surface area contributed by atoms with Crippen molar-refractivity contribution in [3.63, 3.8) is 0 Å². The van der Waals surface area contributed by atoms with E-state index >= 15 is 0 Å². The molecule has 0 saturated carbocycles. The lowest BCUT2D eigenvalue weighted by Gasteiger charge is -2.20. The third-order valence-corrected chi connectivity index (χ3v) is 3.31. The molecule has 0 aromatic carbocycles. The minimum absolute atomic E-state index is 0.0921. The van der Waals surface area contributed by atoms with Crippen LogP contribution in [0.25, 0.3) is 11.4 Å². The van der Waals surface area contributed by atoms with E-state index in [1.54, 1.807) is 0 Å². The summed E-state index contributed by atoms with van der Waals surface area (Å²) in [5.74, 6) is 1.72. The number of anilines is 1. The van der Waals surface area contributed by atoms with Crippen molar-refractivity contribution in [2.24, 2.45) is 0 Å². The van der Waals surface area contributed by atoms with Crippen LogP contribution in [-0.2, 0) is 12.0 Å². The maximum absolute atomic E-state index is 4.79. The summed E-state index contributed by atoms with van der Waals surface area (Å²) in [5.41, 5.74) is 2.95. The maximum Gasteiger partial charge on any atom is 0.136 e. The number of rotatable bonds is 3. The van der Waals surface area contributed by atoms with E-state index in [0.29, 0.717) is 0 Å². The third-order valence-electron chi connectivity index (χ3n) is 3.31. The first-order valence-corrected chi connectivity index (χ1v) is 6.97. The summed E-state index contributed by atoms with van der Waals surface area (Å²) in [6.07, 6.45) is 1.82. The van der Waals surface area contributed by atoms with Gasteiger partial charge in [-0.05, 0) is 19.9 Å². The molecule has 1 N–H and O–H groups in total. The quantitative estimate of drug-likeness (QED) is 0.934. The lowest BCUT2D eigenvalue weighted by molar-refractivity contribution is 0.545. The number of hydrogen-bond donors (Lipinski definition) is 1. The predicted octanol–water partition coefficient (Wildman–Crippen LogP) is 3.01. The van der Waals surface area contributed by atoms with Crippen LogP contribution in [0.4, 0.5) is 5.82 Å². The largest absolute Gasteiger partial charge is 0.373 e. The van der Waals surface area contributed by atoms with E-state index < -0.39 is 0 Å². The zero-order valence-corrected chi connectivity index (χ0v) is 13.2. The van der Waals surface area contributed by atoms with E-state index in [4.69, 9.17) is 4.98 Å². The second kappa shape index (κ2) is 5.23. The first-order valence-electron chi connectivity index (χ1n) is 6.97. The molecule has 0 aliphatic carbocycles. The minimum atomic E-state index is -0.0921. The van der Waals surface area contributed by atoms with Crippen LogP contribution in [0.1, 0.15) is 39.1 Å². The van der Waals surface area contributed by atoms with Gasteiger partial charge in [-0.1, -0.05) is 20.8 Å². The smallest absolute Gasteiger partial charge is 0.136 e. The lowest BCUT2D eigenvalue weighted by Crippen LogP contribution is -2.19. The van der Waals surface area contributed by atoms with Crippen LogP contribution in [0, 0.1) is 6.92 Å². The molecule has 108 valence electrons. The number of aromatic nitrogens is 4.